The van der Waals surface area contributed by atoms with Gasteiger partial charge in [-0.05, 0) is 29.7 Å². The van der Waals surface area contributed by atoms with Gasteiger partial charge in [0, 0.05) is 12.8 Å². The van der Waals surface area contributed by atoms with Gasteiger partial charge in [0.2, 0.25) is 0 Å². The van der Waals surface area contributed by atoms with E-state index >= 15 is 0 Å². The largest absolute Gasteiger partial charge is 0.411 e. The molecule has 1 amide bonds. The van der Waals surface area contributed by atoms with Crippen LogP contribution < -0.4 is 10.5 Å². The Labute approximate surface area is 99.1 Å². The Bertz CT molecular complexity index is 474. The van der Waals surface area contributed by atoms with Crippen molar-refractivity contribution in [1.29, 1.82) is 0 Å². The summed E-state index contributed by atoms with van der Waals surface area (Å²) in [5.41, 5.74) is 7.12. The predicted molar refractivity (Wildman–Crippen MR) is 63.5 cm³/mol. The second-order valence-corrected chi connectivity index (χ2v) is 3.92. The minimum atomic E-state index is -0.819. The molecule has 1 aromatic rings. The summed E-state index contributed by atoms with van der Waals surface area (Å²) in [6, 6.07) is 7.11. The van der Waals surface area contributed by atoms with Crippen molar-refractivity contribution >= 4 is 17.4 Å². The van der Waals surface area contributed by atoms with E-state index in [9.17, 15) is 9.59 Å². The summed E-state index contributed by atoms with van der Waals surface area (Å²) in [7, 11) is 0. The van der Waals surface area contributed by atoms with Gasteiger partial charge in [0.1, 0.15) is 11.5 Å². The highest BCUT2D eigenvalue weighted by atomic mass is 16.5. The van der Waals surface area contributed by atoms with Gasteiger partial charge in [0.05, 0.1) is 0 Å². The zero-order chi connectivity index (χ0) is 12.3. The van der Waals surface area contributed by atoms with Gasteiger partial charge in [-0.1, -0.05) is 18.2 Å². The fraction of sp³-hybridized carbons (Fsp3) is 0.231. The number of rotatable bonds is 2. The molecule has 1 aromatic carbocycles. The topological polar surface area (TPSA) is 69.4 Å². The fourth-order valence-electron chi connectivity index (χ4n) is 1.83. The summed E-state index contributed by atoms with van der Waals surface area (Å²) in [6.45, 7) is 0. The molecule has 1 aliphatic rings. The molecule has 0 atom stereocenters. The van der Waals surface area contributed by atoms with Gasteiger partial charge >= 0.3 is 6.09 Å². The SMILES string of the molecule is NC(=O)Oc1ccc(C2=CCC(=O)CC2)cc1. The van der Waals surface area contributed by atoms with E-state index < -0.39 is 6.09 Å². The Morgan fingerprint density at radius 1 is 1.18 bits per heavy atom. The van der Waals surface area contributed by atoms with Crippen LogP contribution in [0.3, 0.4) is 0 Å². The average molecular weight is 231 g/mol. The standard InChI is InChI=1S/C13H13NO3/c14-13(16)17-12-7-3-10(4-8-12)9-1-5-11(15)6-2-9/h1,3-4,7-8H,2,5-6H2,(H2,14,16). The van der Waals surface area contributed by atoms with E-state index in [4.69, 9.17) is 10.5 Å². The van der Waals surface area contributed by atoms with Crippen molar-refractivity contribution < 1.29 is 14.3 Å². The van der Waals surface area contributed by atoms with Gasteiger partial charge in [0.25, 0.3) is 0 Å². The van der Waals surface area contributed by atoms with Crippen LogP contribution >= 0.6 is 0 Å². The summed E-state index contributed by atoms with van der Waals surface area (Å²) >= 11 is 0. The number of ether oxygens (including phenoxy) is 1. The Kier molecular flexibility index (Phi) is 3.23. The second kappa shape index (κ2) is 4.82. The van der Waals surface area contributed by atoms with E-state index in [0.29, 0.717) is 18.6 Å². The Hall–Kier alpha value is -2.10. The van der Waals surface area contributed by atoms with Crippen LogP contribution in [0.2, 0.25) is 0 Å². The van der Waals surface area contributed by atoms with Crippen LogP contribution in [-0.4, -0.2) is 11.9 Å². The lowest BCUT2D eigenvalue weighted by molar-refractivity contribution is -0.118. The minimum absolute atomic E-state index is 0.280. The van der Waals surface area contributed by atoms with Crippen LogP contribution in [0.15, 0.2) is 30.3 Å². The highest BCUT2D eigenvalue weighted by Gasteiger charge is 2.11. The first kappa shape index (κ1) is 11.4. The number of carbonyl (C=O) groups is 2. The highest BCUT2D eigenvalue weighted by Crippen LogP contribution is 2.26. The van der Waals surface area contributed by atoms with E-state index in [2.05, 4.69) is 0 Å². The number of benzene rings is 1. The van der Waals surface area contributed by atoms with Crippen molar-refractivity contribution in [1.82, 2.24) is 0 Å². The third-order valence-electron chi connectivity index (χ3n) is 2.69. The van der Waals surface area contributed by atoms with Crippen LogP contribution in [-0.2, 0) is 4.79 Å². The number of allylic oxidation sites excluding steroid dienone is 2. The maximum atomic E-state index is 11.1. The molecule has 2 N–H and O–H groups in total. The first-order valence-corrected chi connectivity index (χ1v) is 5.43. The molecule has 0 bridgehead atoms. The van der Waals surface area contributed by atoms with Crippen molar-refractivity contribution in [2.45, 2.75) is 19.3 Å². The fourth-order valence-corrected chi connectivity index (χ4v) is 1.83. The van der Waals surface area contributed by atoms with E-state index in [1.807, 2.05) is 18.2 Å². The minimum Gasteiger partial charge on any atom is -0.411 e. The molecule has 0 fully saturated rings. The van der Waals surface area contributed by atoms with Gasteiger partial charge in [0.15, 0.2) is 0 Å². The van der Waals surface area contributed by atoms with Crippen LogP contribution in [0, 0.1) is 0 Å². The van der Waals surface area contributed by atoms with Crippen LogP contribution in [0.25, 0.3) is 5.57 Å². The summed E-state index contributed by atoms with van der Waals surface area (Å²) in [5.74, 6) is 0.705. The monoisotopic (exact) mass is 231 g/mol. The highest BCUT2D eigenvalue weighted by molar-refractivity contribution is 5.86. The lowest BCUT2D eigenvalue weighted by atomic mass is 9.93. The molecule has 4 nitrogen and oxygen atoms in total. The number of primary amides is 1. The number of nitrogens with two attached hydrogens (primary N) is 1. The number of hydrogen-bond donors (Lipinski definition) is 1. The molecular formula is C13H13NO3. The maximum absolute atomic E-state index is 11.1. The summed E-state index contributed by atoms with van der Waals surface area (Å²) < 4.78 is 4.74. The third kappa shape index (κ3) is 2.93. The molecule has 0 saturated heterocycles. The molecule has 0 heterocycles. The van der Waals surface area contributed by atoms with E-state index in [1.165, 1.54) is 0 Å². The van der Waals surface area contributed by atoms with Crippen LogP contribution in [0.5, 0.6) is 5.75 Å². The Morgan fingerprint density at radius 2 is 1.88 bits per heavy atom. The molecule has 0 saturated carbocycles. The van der Waals surface area contributed by atoms with E-state index in [0.717, 1.165) is 17.6 Å². The number of amides is 1. The third-order valence-corrected chi connectivity index (χ3v) is 2.69. The number of ketones is 1. The normalized spacial score (nSPS) is 15.3. The quantitative estimate of drug-likeness (QED) is 0.848. The van der Waals surface area contributed by atoms with Crippen molar-refractivity contribution in [3.63, 3.8) is 0 Å². The van der Waals surface area contributed by atoms with Gasteiger partial charge < -0.3 is 10.5 Å². The van der Waals surface area contributed by atoms with Crippen LogP contribution in [0.4, 0.5) is 4.79 Å². The summed E-state index contributed by atoms with van der Waals surface area (Å²) in [5, 5.41) is 0. The maximum Gasteiger partial charge on any atom is 0.409 e. The lowest BCUT2D eigenvalue weighted by Gasteiger charge is -2.12. The smallest absolute Gasteiger partial charge is 0.409 e. The van der Waals surface area contributed by atoms with Gasteiger partial charge in [-0.15, -0.1) is 0 Å². The lowest BCUT2D eigenvalue weighted by Crippen LogP contribution is -2.16. The number of hydrogen-bond acceptors (Lipinski definition) is 3. The van der Waals surface area contributed by atoms with E-state index in [-0.39, 0.29) is 5.78 Å². The average Bonchev–Trinajstić information content (AvgIpc) is 2.30. The van der Waals surface area contributed by atoms with Crippen molar-refractivity contribution in [3.8, 4) is 5.75 Å². The molecule has 1 aliphatic carbocycles. The summed E-state index contributed by atoms with van der Waals surface area (Å²) in [6.07, 6.45) is 3.02. The van der Waals surface area contributed by atoms with Gasteiger partial charge in [-0.25, -0.2) is 4.79 Å². The van der Waals surface area contributed by atoms with E-state index in [1.54, 1.807) is 12.1 Å². The molecule has 0 aliphatic heterocycles. The Morgan fingerprint density at radius 3 is 2.41 bits per heavy atom. The number of Topliss-reactive ketones (excluding diaryl/α,β-unsaturated/α-hetero) is 1. The first-order valence-electron chi connectivity index (χ1n) is 5.43. The zero-order valence-corrected chi connectivity index (χ0v) is 9.31. The van der Waals surface area contributed by atoms with Crippen molar-refractivity contribution in [2.24, 2.45) is 5.73 Å². The first-order chi connectivity index (χ1) is 8.15. The van der Waals surface area contributed by atoms with Gasteiger partial charge in [-0.3, -0.25) is 4.79 Å². The molecule has 0 radical (unpaired) electrons. The molecular weight excluding hydrogens is 218 g/mol. The predicted octanol–water partition coefficient (Wildman–Crippen LogP) is 2.28. The molecule has 17 heavy (non-hydrogen) atoms. The van der Waals surface area contributed by atoms with Crippen molar-refractivity contribution in [2.75, 3.05) is 0 Å². The molecule has 0 unspecified atom stereocenters. The molecule has 2 rings (SSSR count). The van der Waals surface area contributed by atoms with Crippen LogP contribution in [0.1, 0.15) is 24.8 Å². The molecule has 88 valence electrons. The number of carbonyl (C=O) groups excluding carboxylic acids is 2. The molecule has 0 aromatic heterocycles. The zero-order valence-electron chi connectivity index (χ0n) is 9.31. The molecule has 0 spiro atoms. The Balaban J connectivity index is 2.12. The van der Waals surface area contributed by atoms with Crippen molar-refractivity contribution in [3.05, 3.63) is 35.9 Å². The van der Waals surface area contributed by atoms with Gasteiger partial charge in [-0.2, -0.15) is 0 Å². The second-order valence-electron chi connectivity index (χ2n) is 3.92. The summed E-state index contributed by atoms with van der Waals surface area (Å²) in [4.78, 5) is 21.6. The molecule has 4 heteroatoms.